The van der Waals surface area contributed by atoms with E-state index in [-0.39, 0.29) is 6.03 Å². The van der Waals surface area contributed by atoms with Gasteiger partial charge in [-0.2, -0.15) is 0 Å². The van der Waals surface area contributed by atoms with Crippen LogP contribution in [0.25, 0.3) is 11.4 Å². The number of anilines is 2. The van der Waals surface area contributed by atoms with E-state index in [2.05, 4.69) is 48.1 Å². The zero-order chi connectivity index (χ0) is 23.7. The van der Waals surface area contributed by atoms with Gasteiger partial charge in [0, 0.05) is 56.0 Å². The fourth-order valence-corrected chi connectivity index (χ4v) is 4.59. The lowest BCUT2D eigenvalue weighted by Crippen LogP contribution is -2.46. The molecule has 0 radical (unpaired) electrons. The van der Waals surface area contributed by atoms with Crippen LogP contribution in [0, 0.1) is 13.8 Å². The molecule has 1 N–H and O–H groups in total. The van der Waals surface area contributed by atoms with Crippen molar-refractivity contribution < 1.29 is 4.79 Å². The highest BCUT2D eigenvalue weighted by Gasteiger charge is 2.29. The molecule has 34 heavy (non-hydrogen) atoms. The molecule has 1 saturated heterocycles. The number of benzene rings is 2. The number of hydrogen-bond acceptors (Lipinski definition) is 5. The average Bonchev–Trinajstić information content (AvgIpc) is 2.86. The molecular formula is C27H32N6O. The van der Waals surface area contributed by atoms with Crippen LogP contribution in [0.3, 0.4) is 0 Å². The van der Waals surface area contributed by atoms with Gasteiger partial charge in [-0.3, -0.25) is 0 Å². The van der Waals surface area contributed by atoms with Gasteiger partial charge in [0.25, 0.3) is 0 Å². The van der Waals surface area contributed by atoms with Crippen molar-refractivity contribution in [2.24, 2.45) is 0 Å². The summed E-state index contributed by atoms with van der Waals surface area (Å²) in [5.74, 6) is 1.74. The first-order chi connectivity index (χ1) is 16.5. The van der Waals surface area contributed by atoms with E-state index in [0.717, 1.165) is 66.8 Å². The summed E-state index contributed by atoms with van der Waals surface area (Å²) in [5, 5.41) is 3.08. The molecule has 2 aliphatic rings. The van der Waals surface area contributed by atoms with E-state index < -0.39 is 0 Å². The van der Waals surface area contributed by atoms with Gasteiger partial charge in [0.15, 0.2) is 5.82 Å². The molecule has 0 saturated carbocycles. The summed E-state index contributed by atoms with van der Waals surface area (Å²) in [6, 6.07) is 16.1. The molecule has 1 fully saturated rings. The van der Waals surface area contributed by atoms with Crippen LogP contribution >= 0.6 is 0 Å². The van der Waals surface area contributed by atoms with Crippen LogP contribution in [0.2, 0.25) is 0 Å². The van der Waals surface area contributed by atoms with Gasteiger partial charge in [0.1, 0.15) is 5.82 Å². The summed E-state index contributed by atoms with van der Waals surface area (Å²) in [6.45, 7) is 9.12. The predicted molar refractivity (Wildman–Crippen MR) is 136 cm³/mol. The molecule has 2 amide bonds. The number of amides is 2. The molecule has 0 bridgehead atoms. The molecule has 0 aliphatic carbocycles. The van der Waals surface area contributed by atoms with Crippen LogP contribution in [0.1, 0.15) is 22.4 Å². The van der Waals surface area contributed by atoms with E-state index >= 15 is 0 Å². The molecule has 3 aromatic rings. The summed E-state index contributed by atoms with van der Waals surface area (Å²) in [7, 11) is 2.15. The van der Waals surface area contributed by atoms with Crippen LogP contribution in [0.5, 0.6) is 0 Å². The summed E-state index contributed by atoms with van der Waals surface area (Å²) in [4.78, 5) is 29.7. The van der Waals surface area contributed by atoms with Crippen LogP contribution in [-0.2, 0) is 13.0 Å². The minimum atomic E-state index is -0.0784. The third kappa shape index (κ3) is 4.61. The van der Waals surface area contributed by atoms with E-state index in [1.165, 1.54) is 11.1 Å². The van der Waals surface area contributed by atoms with E-state index in [1.54, 1.807) is 0 Å². The third-order valence-corrected chi connectivity index (χ3v) is 6.92. The number of rotatable bonds is 3. The van der Waals surface area contributed by atoms with Crippen molar-refractivity contribution in [1.29, 1.82) is 0 Å². The first-order valence-corrected chi connectivity index (χ1v) is 12.0. The SMILES string of the molecule is Cc1ccc(NC(=O)N2CCc3nc(-c4ccccc4)nc(N4CCN(C)CC4)c3C2)cc1C. The lowest BCUT2D eigenvalue weighted by Gasteiger charge is -2.37. The van der Waals surface area contributed by atoms with Gasteiger partial charge in [0.2, 0.25) is 0 Å². The third-order valence-electron chi connectivity index (χ3n) is 6.92. The molecule has 3 heterocycles. The Morgan fingerprint density at radius 3 is 2.41 bits per heavy atom. The largest absolute Gasteiger partial charge is 0.354 e. The number of hydrogen-bond donors (Lipinski definition) is 1. The highest BCUT2D eigenvalue weighted by Crippen LogP contribution is 2.30. The van der Waals surface area contributed by atoms with Gasteiger partial charge in [-0.25, -0.2) is 14.8 Å². The van der Waals surface area contributed by atoms with Gasteiger partial charge < -0.3 is 20.0 Å². The molecule has 7 heteroatoms. The van der Waals surface area contributed by atoms with Crippen molar-refractivity contribution in [3.8, 4) is 11.4 Å². The Labute approximate surface area is 201 Å². The maximum absolute atomic E-state index is 13.1. The Balaban J connectivity index is 1.44. The Morgan fingerprint density at radius 2 is 1.68 bits per heavy atom. The second-order valence-electron chi connectivity index (χ2n) is 9.35. The number of carbonyl (C=O) groups excluding carboxylic acids is 1. The van der Waals surface area contributed by atoms with Crippen molar-refractivity contribution in [3.63, 3.8) is 0 Å². The number of nitrogens with one attached hydrogen (secondary N) is 1. The highest BCUT2D eigenvalue weighted by molar-refractivity contribution is 5.89. The second kappa shape index (κ2) is 9.43. The predicted octanol–water partition coefficient (Wildman–Crippen LogP) is 4.10. The van der Waals surface area contributed by atoms with Crippen LogP contribution in [0.15, 0.2) is 48.5 Å². The normalized spacial score (nSPS) is 16.3. The highest BCUT2D eigenvalue weighted by atomic mass is 16.2. The number of nitrogens with zero attached hydrogens (tertiary/aromatic N) is 5. The Bertz CT molecular complexity index is 1190. The van der Waals surface area contributed by atoms with Gasteiger partial charge >= 0.3 is 6.03 Å². The molecule has 2 aromatic carbocycles. The zero-order valence-electron chi connectivity index (χ0n) is 20.2. The van der Waals surface area contributed by atoms with Crippen LogP contribution in [-0.4, -0.2) is 65.6 Å². The van der Waals surface area contributed by atoms with Crippen molar-refractivity contribution in [2.75, 3.05) is 50.0 Å². The topological polar surface area (TPSA) is 64.6 Å². The van der Waals surface area contributed by atoms with E-state index in [4.69, 9.17) is 9.97 Å². The van der Waals surface area contributed by atoms with Gasteiger partial charge in [-0.15, -0.1) is 0 Å². The lowest BCUT2D eigenvalue weighted by molar-refractivity contribution is 0.206. The van der Waals surface area contributed by atoms with Crippen molar-refractivity contribution in [3.05, 3.63) is 70.9 Å². The average molecular weight is 457 g/mol. The molecule has 2 aliphatic heterocycles. The minimum absolute atomic E-state index is 0.0784. The molecule has 1 aromatic heterocycles. The number of urea groups is 1. The number of aromatic nitrogens is 2. The first-order valence-electron chi connectivity index (χ1n) is 12.0. The fraction of sp³-hybridized carbons (Fsp3) is 0.370. The molecule has 0 spiro atoms. The molecule has 7 nitrogen and oxygen atoms in total. The first kappa shape index (κ1) is 22.3. The summed E-state index contributed by atoms with van der Waals surface area (Å²) >= 11 is 0. The number of likely N-dealkylation sites (N-methyl/N-ethyl adjacent to an activating group) is 1. The van der Waals surface area contributed by atoms with Crippen LogP contribution in [0.4, 0.5) is 16.3 Å². The van der Waals surface area contributed by atoms with Gasteiger partial charge in [-0.1, -0.05) is 36.4 Å². The maximum atomic E-state index is 13.1. The van der Waals surface area contributed by atoms with Gasteiger partial charge in [-0.05, 0) is 44.2 Å². The number of carbonyl (C=O) groups is 1. The zero-order valence-corrected chi connectivity index (χ0v) is 20.2. The Morgan fingerprint density at radius 1 is 0.912 bits per heavy atom. The fourth-order valence-electron chi connectivity index (χ4n) is 4.59. The van der Waals surface area contributed by atoms with E-state index in [1.807, 2.05) is 41.3 Å². The molecule has 0 atom stereocenters. The molecular weight excluding hydrogens is 424 g/mol. The summed E-state index contributed by atoms with van der Waals surface area (Å²) in [5.41, 5.74) is 6.36. The minimum Gasteiger partial charge on any atom is -0.354 e. The number of fused-ring (bicyclic) bond motifs is 1. The second-order valence-corrected chi connectivity index (χ2v) is 9.35. The summed E-state index contributed by atoms with van der Waals surface area (Å²) < 4.78 is 0. The monoisotopic (exact) mass is 456 g/mol. The maximum Gasteiger partial charge on any atom is 0.322 e. The summed E-state index contributed by atoms with van der Waals surface area (Å²) in [6.07, 6.45) is 0.721. The van der Waals surface area contributed by atoms with Crippen molar-refractivity contribution in [2.45, 2.75) is 26.8 Å². The Hall–Kier alpha value is -3.45. The van der Waals surface area contributed by atoms with Crippen molar-refractivity contribution >= 4 is 17.5 Å². The molecule has 0 unspecified atom stereocenters. The van der Waals surface area contributed by atoms with Crippen molar-refractivity contribution in [1.82, 2.24) is 19.8 Å². The van der Waals surface area contributed by atoms with Crippen LogP contribution < -0.4 is 10.2 Å². The standard InChI is InChI=1S/C27H32N6O/c1-19-9-10-22(17-20(19)2)28-27(34)33-12-11-24-23(18-33)26(32-15-13-31(3)14-16-32)30-25(29-24)21-7-5-4-6-8-21/h4-10,17H,11-16,18H2,1-3H3,(H,28,34). The molecule has 5 rings (SSSR count). The smallest absolute Gasteiger partial charge is 0.322 e. The van der Waals surface area contributed by atoms with Gasteiger partial charge in [0.05, 0.1) is 12.2 Å². The quantitative estimate of drug-likeness (QED) is 0.643. The van der Waals surface area contributed by atoms with E-state index in [0.29, 0.717) is 13.1 Å². The molecule has 176 valence electrons. The number of aryl methyl sites for hydroxylation is 2. The van der Waals surface area contributed by atoms with E-state index in [9.17, 15) is 4.79 Å². The number of piperazine rings is 1. The lowest BCUT2D eigenvalue weighted by atomic mass is 10.0. The Kier molecular flexibility index (Phi) is 6.20.